The minimum absolute atomic E-state index is 0.00444. The van der Waals surface area contributed by atoms with E-state index in [1.807, 2.05) is 36.6 Å². The van der Waals surface area contributed by atoms with Crippen molar-refractivity contribution in [2.75, 3.05) is 12.4 Å². The largest absolute Gasteiger partial charge is 0.481 e. The second kappa shape index (κ2) is 7.29. The normalized spacial score (nSPS) is 11.4. The molecule has 0 saturated carbocycles. The Labute approximate surface area is 135 Å². The number of hydrogen-bond donors (Lipinski definition) is 1. The Morgan fingerprint density at radius 3 is 2.95 bits per heavy atom. The molecule has 1 aromatic heterocycles. The molecule has 114 valence electrons. The molecule has 0 unspecified atom stereocenters. The maximum absolute atomic E-state index is 10.8. The van der Waals surface area contributed by atoms with Gasteiger partial charge >= 0.3 is 5.97 Å². The summed E-state index contributed by atoms with van der Waals surface area (Å²) in [4.78, 5) is 15.3. The van der Waals surface area contributed by atoms with Gasteiger partial charge in [-0.2, -0.15) is 0 Å². The zero-order chi connectivity index (χ0) is 15.4. The molecular formula is C14H17BrN2O3S. The third kappa shape index (κ3) is 4.46. The van der Waals surface area contributed by atoms with Crippen LogP contribution in [0, 0.1) is 0 Å². The van der Waals surface area contributed by atoms with Crippen molar-refractivity contribution in [1.29, 1.82) is 0 Å². The first kappa shape index (κ1) is 16.3. The fourth-order valence-electron chi connectivity index (χ4n) is 1.91. The van der Waals surface area contributed by atoms with Gasteiger partial charge < -0.3 is 14.4 Å². The predicted octanol–water partition coefficient (Wildman–Crippen LogP) is 3.40. The maximum atomic E-state index is 10.8. The number of aliphatic carboxylic acids is 1. The number of aromatic nitrogens is 2. The highest BCUT2D eigenvalue weighted by molar-refractivity contribution is 9.10. The number of rotatable bonds is 7. The number of nitrogens with zero attached hydrogens (tertiary/aromatic N) is 2. The lowest BCUT2D eigenvalue weighted by molar-refractivity contribution is -0.133. The number of fused-ring (bicyclic) bond motifs is 1. The van der Waals surface area contributed by atoms with Crippen LogP contribution >= 0.6 is 27.7 Å². The van der Waals surface area contributed by atoms with E-state index in [4.69, 9.17) is 9.84 Å². The third-order valence-corrected chi connectivity index (χ3v) is 4.22. The van der Waals surface area contributed by atoms with Crippen molar-refractivity contribution in [3.63, 3.8) is 0 Å². The van der Waals surface area contributed by atoms with Gasteiger partial charge in [-0.15, -0.1) is 0 Å². The Bertz CT molecular complexity index is 642. The van der Waals surface area contributed by atoms with E-state index in [1.54, 1.807) is 0 Å². The summed E-state index contributed by atoms with van der Waals surface area (Å²) in [6.07, 6.45) is 0.170. The van der Waals surface area contributed by atoms with E-state index in [1.165, 1.54) is 11.8 Å². The molecule has 2 rings (SSSR count). The topological polar surface area (TPSA) is 64.3 Å². The van der Waals surface area contributed by atoms with Crippen LogP contribution < -0.4 is 0 Å². The van der Waals surface area contributed by atoms with Gasteiger partial charge in [0.05, 0.1) is 29.5 Å². The van der Waals surface area contributed by atoms with E-state index in [9.17, 15) is 4.79 Å². The SMILES string of the molecule is CC(C)OCCn1c(SCC(=O)O)nc2cc(Br)ccc21. The van der Waals surface area contributed by atoms with E-state index in [0.717, 1.165) is 15.5 Å². The molecule has 1 N–H and O–H groups in total. The van der Waals surface area contributed by atoms with Crippen LogP contribution in [0.25, 0.3) is 11.0 Å². The number of carbonyl (C=O) groups is 1. The molecule has 0 aliphatic carbocycles. The van der Waals surface area contributed by atoms with E-state index in [0.29, 0.717) is 18.3 Å². The van der Waals surface area contributed by atoms with Crippen LogP contribution in [0.5, 0.6) is 0 Å². The second-order valence-electron chi connectivity index (χ2n) is 4.78. The average Bonchev–Trinajstić information content (AvgIpc) is 2.73. The lowest BCUT2D eigenvalue weighted by atomic mass is 10.3. The Kier molecular flexibility index (Phi) is 5.66. The molecule has 0 fully saturated rings. The Balaban J connectivity index is 2.27. The Morgan fingerprint density at radius 2 is 2.29 bits per heavy atom. The number of halogens is 1. The second-order valence-corrected chi connectivity index (χ2v) is 6.64. The number of carboxylic acid groups (broad SMARTS) is 1. The molecule has 0 saturated heterocycles. The molecule has 0 amide bonds. The lowest BCUT2D eigenvalue weighted by Gasteiger charge is -2.11. The van der Waals surface area contributed by atoms with Crippen molar-refractivity contribution in [2.24, 2.45) is 0 Å². The van der Waals surface area contributed by atoms with Gasteiger partial charge in [0.15, 0.2) is 5.16 Å². The van der Waals surface area contributed by atoms with Gasteiger partial charge in [-0.05, 0) is 32.0 Å². The summed E-state index contributed by atoms with van der Waals surface area (Å²) in [7, 11) is 0. The fourth-order valence-corrected chi connectivity index (χ4v) is 3.02. The molecule has 0 atom stereocenters. The number of benzene rings is 1. The molecule has 0 spiro atoms. The van der Waals surface area contributed by atoms with Crippen molar-refractivity contribution < 1.29 is 14.6 Å². The van der Waals surface area contributed by atoms with Crippen LogP contribution in [0.3, 0.4) is 0 Å². The van der Waals surface area contributed by atoms with Gasteiger partial charge in [0, 0.05) is 11.0 Å². The fraction of sp³-hybridized carbons (Fsp3) is 0.429. The van der Waals surface area contributed by atoms with Crippen molar-refractivity contribution in [1.82, 2.24) is 9.55 Å². The quantitative estimate of drug-likeness (QED) is 0.754. The van der Waals surface area contributed by atoms with Crippen LogP contribution in [-0.2, 0) is 16.1 Å². The predicted molar refractivity (Wildman–Crippen MR) is 86.9 cm³/mol. The van der Waals surface area contributed by atoms with Crippen molar-refractivity contribution in [3.05, 3.63) is 22.7 Å². The zero-order valence-electron chi connectivity index (χ0n) is 11.9. The van der Waals surface area contributed by atoms with E-state index < -0.39 is 5.97 Å². The number of hydrogen-bond acceptors (Lipinski definition) is 4. The van der Waals surface area contributed by atoms with Gasteiger partial charge in [0.2, 0.25) is 0 Å². The van der Waals surface area contributed by atoms with Crippen LogP contribution in [0.4, 0.5) is 0 Å². The first-order valence-electron chi connectivity index (χ1n) is 6.59. The molecule has 2 aromatic rings. The number of imidazole rings is 1. The first-order chi connectivity index (χ1) is 9.97. The molecule has 0 aliphatic heterocycles. The molecule has 0 radical (unpaired) electrons. The standard InChI is InChI=1S/C14H17BrN2O3S/c1-9(2)20-6-5-17-12-4-3-10(15)7-11(12)16-14(17)21-8-13(18)19/h3-4,7,9H,5-6,8H2,1-2H3,(H,18,19). The van der Waals surface area contributed by atoms with Crippen LogP contribution in [0.1, 0.15) is 13.8 Å². The molecule has 0 aliphatic rings. The van der Waals surface area contributed by atoms with Crippen LogP contribution in [-0.4, -0.2) is 39.1 Å². The summed E-state index contributed by atoms with van der Waals surface area (Å²) in [6, 6.07) is 5.86. The summed E-state index contributed by atoms with van der Waals surface area (Å²) >= 11 is 4.65. The molecule has 1 aromatic carbocycles. The van der Waals surface area contributed by atoms with E-state index in [-0.39, 0.29) is 11.9 Å². The highest BCUT2D eigenvalue weighted by Crippen LogP contribution is 2.26. The monoisotopic (exact) mass is 372 g/mol. The van der Waals surface area contributed by atoms with Crippen molar-refractivity contribution in [3.8, 4) is 0 Å². The summed E-state index contributed by atoms with van der Waals surface area (Å²) in [6.45, 7) is 5.20. The Morgan fingerprint density at radius 1 is 1.52 bits per heavy atom. The van der Waals surface area contributed by atoms with Gasteiger partial charge in [-0.3, -0.25) is 4.79 Å². The summed E-state index contributed by atoms with van der Waals surface area (Å²) < 4.78 is 8.55. The molecule has 1 heterocycles. The summed E-state index contributed by atoms with van der Waals surface area (Å²) in [5.41, 5.74) is 1.83. The van der Waals surface area contributed by atoms with Gasteiger partial charge in [-0.1, -0.05) is 27.7 Å². The number of ether oxygens (including phenoxy) is 1. The smallest absolute Gasteiger partial charge is 0.313 e. The van der Waals surface area contributed by atoms with Crippen LogP contribution in [0.15, 0.2) is 27.8 Å². The van der Waals surface area contributed by atoms with Gasteiger partial charge in [0.1, 0.15) is 0 Å². The highest BCUT2D eigenvalue weighted by atomic mass is 79.9. The minimum Gasteiger partial charge on any atom is -0.481 e. The van der Waals surface area contributed by atoms with Crippen LogP contribution in [0.2, 0.25) is 0 Å². The average molecular weight is 373 g/mol. The van der Waals surface area contributed by atoms with Gasteiger partial charge in [0.25, 0.3) is 0 Å². The molecule has 0 bridgehead atoms. The molecule has 5 nitrogen and oxygen atoms in total. The number of carboxylic acids is 1. The molecular weight excluding hydrogens is 356 g/mol. The van der Waals surface area contributed by atoms with Gasteiger partial charge in [-0.25, -0.2) is 4.98 Å². The highest BCUT2D eigenvalue weighted by Gasteiger charge is 2.13. The first-order valence-corrected chi connectivity index (χ1v) is 8.37. The summed E-state index contributed by atoms with van der Waals surface area (Å²) in [5.74, 6) is -0.853. The Hall–Kier alpha value is -1.05. The van der Waals surface area contributed by atoms with Crippen molar-refractivity contribution >= 4 is 44.7 Å². The lowest BCUT2D eigenvalue weighted by Crippen LogP contribution is -2.11. The van der Waals surface area contributed by atoms with Crippen molar-refractivity contribution in [2.45, 2.75) is 31.7 Å². The molecule has 7 heteroatoms. The summed E-state index contributed by atoms with van der Waals surface area (Å²) in [5, 5.41) is 9.55. The third-order valence-electron chi connectivity index (χ3n) is 2.77. The number of thioether (sulfide) groups is 1. The zero-order valence-corrected chi connectivity index (χ0v) is 14.3. The van der Waals surface area contributed by atoms with E-state index in [2.05, 4.69) is 20.9 Å². The van der Waals surface area contributed by atoms with E-state index >= 15 is 0 Å². The maximum Gasteiger partial charge on any atom is 0.313 e. The molecule has 21 heavy (non-hydrogen) atoms. The minimum atomic E-state index is -0.849.